The zero-order chi connectivity index (χ0) is 15.6. The third-order valence-corrected chi connectivity index (χ3v) is 4.24. The smallest absolute Gasteiger partial charge is 0.187 e. The molecule has 0 bridgehead atoms. The summed E-state index contributed by atoms with van der Waals surface area (Å²) in [5.41, 5.74) is 0.926. The number of nitrogens with zero attached hydrogens (tertiary/aromatic N) is 3. The van der Waals surface area contributed by atoms with Gasteiger partial charge in [0.1, 0.15) is 18.4 Å². The fourth-order valence-electron chi connectivity index (χ4n) is 1.72. The van der Waals surface area contributed by atoms with E-state index in [9.17, 15) is 4.79 Å². The van der Waals surface area contributed by atoms with Gasteiger partial charge in [0.2, 0.25) is 0 Å². The molecule has 0 saturated carbocycles. The Morgan fingerprint density at radius 1 is 1.24 bits per heavy atom. The lowest BCUT2D eigenvalue weighted by molar-refractivity contribution is -0.120. The van der Waals surface area contributed by atoms with Crippen LogP contribution in [0.15, 0.2) is 36.9 Å². The number of carbonyl (C=O) groups excluding carboxylic acids is 1. The normalized spacial score (nSPS) is 13.0. The van der Waals surface area contributed by atoms with Gasteiger partial charge in [0.05, 0.1) is 0 Å². The van der Waals surface area contributed by atoms with E-state index in [-0.39, 0.29) is 5.78 Å². The largest absolute Gasteiger partial charge is 0.292 e. The quantitative estimate of drug-likeness (QED) is 0.554. The van der Waals surface area contributed by atoms with Crippen molar-refractivity contribution in [1.29, 1.82) is 0 Å². The minimum atomic E-state index is -0.510. The highest BCUT2D eigenvalue weighted by molar-refractivity contribution is 14.1. The second-order valence-electron chi connectivity index (χ2n) is 5.59. The van der Waals surface area contributed by atoms with E-state index in [4.69, 9.17) is 11.6 Å². The van der Waals surface area contributed by atoms with Gasteiger partial charge in [-0.25, -0.2) is 9.67 Å². The summed E-state index contributed by atoms with van der Waals surface area (Å²) in [6.45, 7) is 5.66. The monoisotopic (exact) mass is 415 g/mol. The molecule has 4 nitrogen and oxygen atoms in total. The summed E-state index contributed by atoms with van der Waals surface area (Å²) < 4.78 is 2.33. The summed E-state index contributed by atoms with van der Waals surface area (Å²) in [6, 6.07) is 7.38. The number of halogens is 2. The summed E-state index contributed by atoms with van der Waals surface area (Å²) in [5, 5.41) is 4.77. The van der Waals surface area contributed by atoms with E-state index in [1.807, 2.05) is 32.9 Å². The molecule has 0 N–H and O–H groups in total. The Balaban J connectivity index is 2.61. The lowest BCUT2D eigenvalue weighted by Crippen LogP contribution is -2.25. The molecule has 6 heteroatoms. The SMILES string of the molecule is CC(C)(C)C(=O)C(=C(I)c1ccc(Cl)cc1)n1cncn1. The van der Waals surface area contributed by atoms with Gasteiger partial charge in [0, 0.05) is 14.0 Å². The van der Waals surface area contributed by atoms with E-state index >= 15 is 0 Å². The maximum Gasteiger partial charge on any atom is 0.187 e. The number of rotatable bonds is 3. The lowest BCUT2D eigenvalue weighted by atomic mass is 9.88. The van der Waals surface area contributed by atoms with Crippen LogP contribution in [0.4, 0.5) is 0 Å². The molecule has 0 aliphatic carbocycles. The lowest BCUT2D eigenvalue weighted by Gasteiger charge is -2.20. The average Bonchev–Trinajstić information content (AvgIpc) is 2.92. The Labute approximate surface area is 142 Å². The van der Waals surface area contributed by atoms with Crippen LogP contribution in [0.3, 0.4) is 0 Å². The van der Waals surface area contributed by atoms with Crippen molar-refractivity contribution in [2.24, 2.45) is 5.41 Å². The van der Waals surface area contributed by atoms with Crippen molar-refractivity contribution in [2.45, 2.75) is 20.8 Å². The van der Waals surface area contributed by atoms with Crippen molar-refractivity contribution in [3.8, 4) is 0 Å². The third-order valence-electron chi connectivity index (χ3n) is 2.85. The highest BCUT2D eigenvalue weighted by atomic mass is 127. The Bertz CT molecular complexity index is 670. The van der Waals surface area contributed by atoms with Gasteiger partial charge in [0.25, 0.3) is 0 Å². The first-order valence-corrected chi connectivity index (χ1v) is 7.82. The van der Waals surface area contributed by atoms with Gasteiger partial charge in [-0.1, -0.05) is 44.5 Å². The molecule has 0 aliphatic heterocycles. The number of hydrogen-bond acceptors (Lipinski definition) is 3. The summed E-state index contributed by atoms with van der Waals surface area (Å²) in [4.78, 5) is 16.7. The van der Waals surface area contributed by atoms with Crippen LogP contribution in [0, 0.1) is 5.41 Å². The summed E-state index contributed by atoms with van der Waals surface area (Å²) in [7, 11) is 0. The second kappa shape index (κ2) is 6.27. The van der Waals surface area contributed by atoms with Crippen molar-refractivity contribution in [3.63, 3.8) is 0 Å². The molecule has 0 unspecified atom stereocenters. The molecular formula is C15H15ClIN3O. The van der Waals surface area contributed by atoms with E-state index in [2.05, 4.69) is 32.7 Å². The van der Waals surface area contributed by atoms with Gasteiger partial charge in [-0.2, -0.15) is 5.10 Å². The molecule has 0 spiro atoms. The van der Waals surface area contributed by atoms with Crippen molar-refractivity contribution >= 4 is 49.3 Å². The highest BCUT2D eigenvalue weighted by Gasteiger charge is 2.29. The Morgan fingerprint density at radius 2 is 1.86 bits per heavy atom. The van der Waals surface area contributed by atoms with Crippen LogP contribution in [0.2, 0.25) is 5.02 Å². The highest BCUT2D eigenvalue weighted by Crippen LogP contribution is 2.33. The van der Waals surface area contributed by atoms with Gasteiger partial charge in [-0.05, 0) is 40.3 Å². The minimum absolute atomic E-state index is 0.00681. The average molecular weight is 416 g/mol. The van der Waals surface area contributed by atoms with E-state index in [0.717, 1.165) is 9.14 Å². The van der Waals surface area contributed by atoms with Crippen LogP contribution >= 0.6 is 34.2 Å². The van der Waals surface area contributed by atoms with Crippen LogP contribution in [0.5, 0.6) is 0 Å². The molecule has 2 aromatic rings. The molecule has 0 fully saturated rings. The van der Waals surface area contributed by atoms with Crippen LogP contribution < -0.4 is 0 Å². The number of Topliss-reactive ketones (excluding diaryl/α,β-unsaturated/α-hetero) is 1. The van der Waals surface area contributed by atoms with Crippen molar-refractivity contribution < 1.29 is 4.79 Å². The standard InChI is InChI=1S/C15H15ClIN3O/c1-15(2,3)14(21)13(20-9-18-8-19-20)12(17)10-4-6-11(16)7-5-10/h4-9H,1-3H3. The van der Waals surface area contributed by atoms with Gasteiger partial charge >= 0.3 is 0 Å². The fourth-order valence-corrected chi connectivity index (χ4v) is 2.69. The van der Waals surface area contributed by atoms with Gasteiger partial charge < -0.3 is 0 Å². The Kier molecular flexibility index (Phi) is 4.83. The summed E-state index contributed by atoms with van der Waals surface area (Å²) >= 11 is 8.08. The van der Waals surface area contributed by atoms with Crippen LogP contribution in [-0.4, -0.2) is 20.5 Å². The van der Waals surface area contributed by atoms with Crippen molar-refractivity contribution in [2.75, 3.05) is 0 Å². The van der Waals surface area contributed by atoms with E-state index < -0.39 is 5.41 Å². The molecule has 0 aliphatic rings. The van der Waals surface area contributed by atoms with Crippen LogP contribution in [-0.2, 0) is 4.79 Å². The maximum absolute atomic E-state index is 12.8. The summed E-state index contributed by atoms with van der Waals surface area (Å²) in [6.07, 6.45) is 2.95. The molecule has 0 radical (unpaired) electrons. The Hall–Kier alpha value is -1.21. The number of carbonyl (C=O) groups is 1. The first-order valence-electron chi connectivity index (χ1n) is 6.36. The number of ketones is 1. The van der Waals surface area contributed by atoms with Crippen LogP contribution in [0.1, 0.15) is 26.3 Å². The third kappa shape index (κ3) is 3.71. The maximum atomic E-state index is 12.8. The predicted octanol–water partition coefficient (Wildman–Crippen LogP) is 4.31. The molecule has 0 saturated heterocycles. The molecule has 0 atom stereocenters. The molecular weight excluding hydrogens is 401 g/mol. The number of hydrogen-bond donors (Lipinski definition) is 0. The summed E-state index contributed by atoms with van der Waals surface area (Å²) in [5.74, 6) is 0.00681. The molecule has 21 heavy (non-hydrogen) atoms. The van der Waals surface area contributed by atoms with E-state index in [1.165, 1.54) is 17.3 Å². The van der Waals surface area contributed by atoms with Crippen LogP contribution in [0.25, 0.3) is 9.28 Å². The van der Waals surface area contributed by atoms with Crippen molar-refractivity contribution in [1.82, 2.24) is 14.8 Å². The van der Waals surface area contributed by atoms with Gasteiger partial charge in [-0.3, -0.25) is 4.79 Å². The predicted molar refractivity (Wildman–Crippen MR) is 93.1 cm³/mol. The molecule has 1 aromatic carbocycles. The zero-order valence-corrected chi connectivity index (χ0v) is 14.9. The number of allylic oxidation sites excluding steroid dienone is 1. The fraction of sp³-hybridized carbons (Fsp3) is 0.267. The van der Waals surface area contributed by atoms with Gasteiger partial charge in [-0.15, -0.1) is 0 Å². The molecule has 1 aromatic heterocycles. The molecule has 110 valence electrons. The topological polar surface area (TPSA) is 47.8 Å². The first-order chi connectivity index (χ1) is 9.80. The van der Waals surface area contributed by atoms with Crippen molar-refractivity contribution in [3.05, 3.63) is 47.5 Å². The molecule has 2 rings (SSSR count). The number of benzene rings is 1. The minimum Gasteiger partial charge on any atom is -0.292 e. The molecule has 1 heterocycles. The van der Waals surface area contributed by atoms with Gasteiger partial charge in [0.15, 0.2) is 5.78 Å². The number of aromatic nitrogens is 3. The second-order valence-corrected chi connectivity index (χ2v) is 7.10. The first kappa shape index (κ1) is 16.2. The van der Waals surface area contributed by atoms with E-state index in [1.54, 1.807) is 12.1 Å². The Morgan fingerprint density at radius 3 is 2.33 bits per heavy atom. The zero-order valence-electron chi connectivity index (χ0n) is 12.0. The molecule has 0 amide bonds. The van der Waals surface area contributed by atoms with E-state index in [0.29, 0.717) is 10.7 Å².